The quantitative estimate of drug-likeness (QED) is 0.0407. The van der Waals surface area contributed by atoms with Crippen LogP contribution in [-0.2, 0) is 22.4 Å². The molecule has 11 nitrogen and oxygen atoms in total. The molecular formula is C40H52N6O5S. The molecule has 2 fully saturated rings. The third-order valence-electron chi connectivity index (χ3n) is 9.43. The fourth-order valence-electron chi connectivity index (χ4n) is 6.34. The fraction of sp³-hybridized carbons (Fsp3) is 0.450. The van der Waals surface area contributed by atoms with Crippen LogP contribution in [-0.4, -0.2) is 111 Å². The Bertz CT molecular complexity index is 1640. The van der Waals surface area contributed by atoms with Crippen molar-refractivity contribution < 1.29 is 24.2 Å². The summed E-state index contributed by atoms with van der Waals surface area (Å²) in [4.78, 5) is 14.1. The molecule has 2 saturated heterocycles. The third-order valence-corrected chi connectivity index (χ3v) is 10.6. The summed E-state index contributed by atoms with van der Waals surface area (Å²) in [6.07, 6.45) is 3.82. The first-order valence-electron chi connectivity index (χ1n) is 18.5. The van der Waals surface area contributed by atoms with Gasteiger partial charge in [-0.3, -0.25) is 9.80 Å². The van der Waals surface area contributed by atoms with Crippen molar-refractivity contribution in [3.8, 4) is 22.8 Å². The lowest BCUT2D eigenvalue weighted by molar-refractivity contribution is 0.0385. The first kappa shape index (κ1) is 37.6. The highest BCUT2D eigenvalue weighted by Crippen LogP contribution is 2.35. The van der Waals surface area contributed by atoms with Crippen molar-refractivity contribution in [3.63, 3.8) is 0 Å². The Balaban J connectivity index is 1.06. The Morgan fingerprint density at radius 3 is 2.00 bits per heavy atom. The molecule has 3 aromatic carbocycles. The highest BCUT2D eigenvalue weighted by molar-refractivity contribution is 7.16. The molecule has 12 heteroatoms. The molecule has 0 unspecified atom stereocenters. The number of rotatable bonds is 19. The van der Waals surface area contributed by atoms with Crippen LogP contribution >= 0.6 is 11.3 Å². The molecule has 4 aromatic rings. The number of unbranched alkanes of at least 4 members (excludes halogenated alkanes) is 2. The number of anilines is 1. The topological polar surface area (TPSA) is 118 Å². The molecule has 0 radical (unpaired) electrons. The monoisotopic (exact) mass is 728 g/mol. The zero-order chi connectivity index (χ0) is 35.8. The number of nitrogens with two attached hydrogens (primary N) is 1. The molecule has 0 bridgehead atoms. The number of benzene rings is 3. The van der Waals surface area contributed by atoms with Crippen molar-refractivity contribution >= 4 is 22.3 Å². The van der Waals surface area contributed by atoms with Gasteiger partial charge in [0.05, 0.1) is 45.3 Å². The van der Waals surface area contributed by atoms with E-state index in [-0.39, 0.29) is 5.84 Å². The molecule has 0 saturated carbocycles. The average molecular weight is 729 g/mol. The summed E-state index contributed by atoms with van der Waals surface area (Å²) < 4.78 is 23.2. The molecule has 0 atom stereocenters. The third kappa shape index (κ3) is 11.4. The fourth-order valence-corrected chi connectivity index (χ4v) is 7.43. The van der Waals surface area contributed by atoms with Crippen LogP contribution in [0.2, 0.25) is 0 Å². The Hall–Kier alpha value is -4.20. The molecule has 0 aliphatic carbocycles. The first-order chi connectivity index (χ1) is 25.6. The van der Waals surface area contributed by atoms with Crippen LogP contribution in [0.25, 0.3) is 11.3 Å². The minimum Gasteiger partial charge on any atom is -0.494 e. The zero-order valence-corrected chi connectivity index (χ0v) is 30.9. The van der Waals surface area contributed by atoms with E-state index in [2.05, 4.69) is 74.5 Å². The smallest absolute Gasteiger partial charge is 0.186 e. The van der Waals surface area contributed by atoms with Gasteiger partial charge in [0.25, 0.3) is 0 Å². The Morgan fingerprint density at radius 1 is 0.788 bits per heavy atom. The van der Waals surface area contributed by atoms with Gasteiger partial charge in [0.1, 0.15) is 11.5 Å². The average Bonchev–Trinajstić information content (AvgIpc) is 3.63. The van der Waals surface area contributed by atoms with E-state index < -0.39 is 0 Å². The number of ether oxygens (including phenoxy) is 4. The number of thiazole rings is 1. The van der Waals surface area contributed by atoms with Crippen LogP contribution in [0.1, 0.15) is 35.3 Å². The largest absolute Gasteiger partial charge is 0.494 e. The lowest BCUT2D eigenvalue weighted by Crippen LogP contribution is -2.41. The lowest BCUT2D eigenvalue weighted by Gasteiger charge is -2.30. The van der Waals surface area contributed by atoms with E-state index in [1.807, 2.05) is 23.5 Å². The summed E-state index contributed by atoms with van der Waals surface area (Å²) in [5.74, 6) is 1.71. The molecule has 1 aromatic heterocycles. The van der Waals surface area contributed by atoms with E-state index in [0.29, 0.717) is 18.8 Å². The predicted octanol–water partition coefficient (Wildman–Crippen LogP) is 5.75. The Morgan fingerprint density at radius 2 is 1.38 bits per heavy atom. The Kier molecular flexibility index (Phi) is 14.6. The van der Waals surface area contributed by atoms with Crippen molar-refractivity contribution in [1.29, 1.82) is 0 Å². The van der Waals surface area contributed by atoms with Gasteiger partial charge in [0, 0.05) is 68.4 Å². The number of hydrogen-bond donors (Lipinski definition) is 2. The van der Waals surface area contributed by atoms with Gasteiger partial charge in [-0.15, -0.1) is 11.3 Å². The normalized spacial score (nSPS) is 15.8. The summed E-state index contributed by atoms with van der Waals surface area (Å²) in [5, 5.41) is 12.9. The van der Waals surface area contributed by atoms with Crippen molar-refractivity contribution in [2.75, 3.05) is 90.4 Å². The van der Waals surface area contributed by atoms with E-state index in [1.54, 1.807) is 12.1 Å². The molecule has 52 heavy (non-hydrogen) atoms. The summed E-state index contributed by atoms with van der Waals surface area (Å²) >= 11 is 1.84. The van der Waals surface area contributed by atoms with Crippen molar-refractivity contribution in [1.82, 2.24) is 14.8 Å². The summed E-state index contributed by atoms with van der Waals surface area (Å²) in [6, 6.07) is 26.4. The zero-order valence-electron chi connectivity index (χ0n) is 30.0. The van der Waals surface area contributed by atoms with Gasteiger partial charge in [-0.2, -0.15) is 0 Å². The van der Waals surface area contributed by atoms with Crippen LogP contribution in [0, 0.1) is 0 Å². The van der Waals surface area contributed by atoms with E-state index in [9.17, 15) is 0 Å². The van der Waals surface area contributed by atoms with Gasteiger partial charge in [-0.1, -0.05) is 35.5 Å². The SMILES string of the molecule is NC(=NO)c1ccc(OCCCCCOc2ccc(-c3nc(N(CCN4CCOCC4)Cc4ccccc4)sc3CCN3CCOCC3)cc2)cc1. The van der Waals surface area contributed by atoms with Gasteiger partial charge < -0.3 is 34.8 Å². The van der Waals surface area contributed by atoms with Gasteiger partial charge >= 0.3 is 0 Å². The first-order valence-corrected chi connectivity index (χ1v) is 19.3. The molecule has 0 spiro atoms. The predicted molar refractivity (Wildman–Crippen MR) is 207 cm³/mol. The molecule has 2 aliphatic rings. The van der Waals surface area contributed by atoms with Crippen LogP contribution in [0.15, 0.2) is 84.0 Å². The number of hydrogen-bond acceptors (Lipinski definition) is 11. The standard InChI is InChI=1S/C40H52N6O5S/c41-39(43-47)34-11-15-36(16-12-34)51-26-6-2-5-25-50-35-13-9-33(10-14-35)38-37(17-18-44-21-27-48-28-22-44)52-40(42-38)46(31-32-7-3-1-4-8-32)20-19-45-23-29-49-30-24-45/h1,3-4,7-16,47H,2,5-6,17-31H2,(H2,41,43). The lowest BCUT2D eigenvalue weighted by atomic mass is 10.1. The number of oxime groups is 1. The highest BCUT2D eigenvalue weighted by Gasteiger charge is 2.21. The van der Waals surface area contributed by atoms with Gasteiger partial charge in [0.2, 0.25) is 0 Å². The van der Waals surface area contributed by atoms with E-state index in [1.165, 1.54) is 10.4 Å². The van der Waals surface area contributed by atoms with Crippen LogP contribution < -0.4 is 20.1 Å². The summed E-state index contributed by atoms with van der Waals surface area (Å²) in [6.45, 7) is 12.1. The highest BCUT2D eigenvalue weighted by atomic mass is 32.1. The van der Waals surface area contributed by atoms with E-state index in [0.717, 1.165) is 132 Å². The summed E-state index contributed by atoms with van der Waals surface area (Å²) in [5.41, 5.74) is 9.76. The Labute approximate surface area is 311 Å². The van der Waals surface area contributed by atoms with E-state index >= 15 is 0 Å². The maximum atomic E-state index is 8.81. The molecule has 0 amide bonds. The van der Waals surface area contributed by atoms with Crippen LogP contribution in [0.4, 0.5) is 5.13 Å². The summed E-state index contributed by atoms with van der Waals surface area (Å²) in [7, 11) is 0. The van der Waals surface area contributed by atoms with Crippen molar-refractivity contribution in [2.45, 2.75) is 32.2 Å². The van der Waals surface area contributed by atoms with Crippen LogP contribution in [0.3, 0.4) is 0 Å². The minimum absolute atomic E-state index is 0.0826. The molecular weight excluding hydrogens is 677 g/mol. The van der Waals surface area contributed by atoms with Gasteiger partial charge in [0.15, 0.2) is 11.0 Å². The second kappa shape index (κ2) is 20.1. The number of morpholine rings is 2. The number of amidine groups is 1. The second-order valence-corrected chi connectivity index (χ2v) is 14.2. The minimum atomic E-state index is 0.0826. The molecule has 2 aliphatic heterocycles. The molecule has 6 rings (SSSR count). The van der Waals surface area contributed by atoms with Gasteiger partial charge in [-0.05, 0) is 79.8 Å². The number of aromatic nitrogens is 1. The van der Waals surface area contributed by atoms with Crippen LogP contribution in [0.5, 0.6) is 11.5 Å². The number of nitrogens with zero attached hydrogens (tertiary/aromatic N) is 5. The molecule has 3 heterocycles. The maximum Gasteiger partial charge on any atom is 0.186 e. The van der Waals surface area contributed by atoms with Gasteiger partial charge in [-0.25, -0.2) is 4.98 Å². The molecule has 278 valence electrons. The maximum absolute atomic E-state index is 8.81. The van der Waals surface area contributed by atoms with Crippen molar-refractivity contribution in [2.24, 2.45) is 10.9 Å². The molecule has 3 N–H and O–H groups in total. The van der Waals surface area contributed by atoms with E-state index in [4.69, 9.17) is 34.9 Å². The second-order valence-electron chi connectivity index (χ2n) is 13.1. The van der Waals surface area contributed by atoms with Crippen molar-refractivity contribution in [3.05, 3.63) is 94.9 Å².